The molecule has 0 amide bonds. The Labute approximate surface area is 125 Å². The van der Waals surface area contributed by atoms with Crippen LogP contribution in [0.4, 0.5) is 0 Å². The summed E-state index contributed by atoms with van der Waals surface area (Å²) in [6, 6.07) is 0. The molecule has 2 fully saturated rings. The average molecular weight is 278 g/mol. The van der Waals surface area contributed by atoms with Gasteiger partial charge in [-0.3, -0.25) is 0 Å². The van der Waals surface area contributed by atoms with Crippen molar-refractivity contribution in [2.45, 2.75) is 85.9 Å². The third-order valence-corrected chi connectivity index (χ3v) is 5.01. The molecule has 0 atom stereocenters. The third-order valence-electron chi connectivity index (χ3n) is 5.01. The van der Waals surface area contributed by atoms with Crippen molar-refractivity contribution in [1.29, 1.82) is 0 Å². The maximum atomic E-state index is 6.10. The van der Waals surface area contributed by atoms with Crippen molar-refractivity contribution in [2.75, 3.05) is 0 Å². The van der Waals surface area contributed by atoms with E-state index in [-0.39, 0.29) is 18.3 Å². The fourth-order valence-electron chi connectivity index (χ4n) is 3.98. The minimum Gasteiger partial charge on any atom is -0.400 e. The van der Waals surface area contributed by atoms with Crippen LogP contribution in [0, 0.1) is 10.8 Å². The van der Waals surface area contributed by atoms with Crippen LogP contribution >= 0.6 is 0 Å². The van der Waals surface area contributed by atoms with Crippen LogP contribution < -0.4 is 0 Å². The summed E-state index contributed by atoms with van der Waals surface area (Å²) >= 11 is 0. The Hall–Kier alpha value is -0.275. The molecule has 0 aromatic rings. The van der Waals surface area contributed by atoms with E-state index in [1.54, 1.807) is 0 Å². The fourth-order valence-corrected chi connectivity index (χ4v) is 3.98. The molecule has 0 bridgehead atoms. The summed E-state index contributed by atoms with van der Waals surface area (Å²) in [6.07, 6.45) is 3.59. The first-order valence-electron chi connectivity index (χ1n) is 7.87. The lowest BCUT2D eigenvalue weighted by atomic mass is 9.62. The second kappa shape index (κ2) is 4.61. The van der Waals surface area contributed by atoms with Crippen molar-refractivity contribution in [3.63, 3.8) is 0 Å². The molecule has 1 saturated carbocycles. The van der Waals surface area contributed by atoms with Crippen molar-refractivity contribution in [3.8, 4) is 0 Å². The molecule has 0 aromatic carbocycles. The fraction of sp³-hybridized carbons (Fsp3) is 0.882. The Morgan fingerprint density at radius 1 is 0.800 bits per heavy atom. The van der Waals surface area contributed by atoms with E-state index in [9.17, 15) is 0 Å². The molecule has 1 aliphatic carbocycles. The highest BCUT2D eigenvalue weighted by molar-refractivity contribution is 6.51. The Morgan fingerprint density at radius 2 is 1.20 bits per heavy atom. The van der Waals surface area contributed by atoms with Gasteiger partial charge in [-0.1, -0.05) is 39.2 Å². The van der Waals surface area contributed by atoms with E-state index in [1.807, 2.05) is 0 Å². The zero-order valence-corrected chi connectivity index (χ0v) is 14.6. The van der Waals surface area contributed by atoms with E-state index in [4.69, 9.17) is 9.31 Å². The minimum absolute atomic E-state index is 0.195. The second-order valence-corrected chi connectivity index (χ2v) is 9.31. The molecule has 3 heteroatoms. The van der Waals surface area contributed by atoms with Gasteiger partial charge >= 0.3 is 7.12 Å². The Kier molecular flexibility index (Phi) is 3.71. The third kappa shape index (κ3) is 3.31. The summed E-state index contributed by atoms with van der Waals surface area (Å²) in [4.78, 5) is 0. The summed E-state index contributed by atoms with van der Waals surface area (Å²) in [7, 11) is -0.195. The lowest BCUT2D eigenvalue weighted by Crippen LogP contribution is -2.41. The summed E-state index contributed by atoms with van der Waals surface area (Å²) in [5, 5.41) is 0. The van der Waals surface area contributed by atoms with Crippen molar-refractivity contribution in [1.82, 2.24) is 0 Å². The summed E-state index contributed by atoms with van der Waals surface area (Å²) < 4.78 is 12.2. The van der Waals surface area contributed by atoms with Crippen LogP contribution in [-0.2, 0) is 9.31 Å². The summed E-state index contributed by atoms with van der Waals surface area (Å²) in [5.74, 6) is 2.24. The topological polar surface area (TPSA) is 18.5 Å². The van der Waals surface area contributed by atoms with Gasteiger partial charge in [0, 0.05) is 0 Å². The molecule has 0 unspecified atom stereocenters. The number of hydrogen-bond acceptors (Lipinski definition) is 2. The summed E-state index contributed by atoms with van der Waals surface area (Å²) in [6.45, 7) is 17.9. The molecule has 1 heterocycles. The quantitative estimate of drug-likeness (QED) is 0.642. The van der Waals surface area contributed by atoms with Crippen LogP contribution in [0.25, 0.3) is 0 Å². The molecule has 2 nitrogen and oxygen atoms in total. The maximum Gasteiger partial charge on any atom is 0.487 e. The highest BCUT2D eigenvalue weighted by atomic mass is 16.7. The first-order valence-corrected chi connectivity index (χ1v) is 7.87. The van der Waals surface area contributed by atoms with Gasteiger partial charge < -0.3 is 9.31 Å². The van der Waals surface area contributed by atoms with Crippen molar-refractivity contribution in [3.05, 3.63) is 11.5 Å². The van der Waals surface area contributed by atoms with Gasteiger partial charge in [-0.2, -0.15) is 0 Å². The Bertz CT molecular complexity index is 385. The van der Waals surface area contributed by atoms with Gasteiger partial charge in [0.1, 0.15) is 0 Å². The van der Waals surface area contributed by atoms with Crippen LogP contribution in [-0.4, -0.2) is 18.3 Å². The molecule has 1 saturated heterocycles. The van der Waals surface area contributed by atoms with Crippen molar-refractivity contribution < 1.29 is 9.31 Å². The highest BCUT2D eigenvalue weighted by Crippen LogP contribution is 2.48. The molecular formula is C17H31BO2. The van der Waals surface area contributed by atoms with Crippen LogP contribution in [0.2, 0.25) is 0 Å². The Morgan fingerprint density at radius 3 is 1.60 bits per heavy atom. The minimum atomic E-state index is -0.242. The van der Waals surface area contributed by atoms with Crippen LogP contribution in [0.1, 0.15) is 74.7 Å². The molecule has 2 aliphatic rings. The number of allylic oxidation sites excluding steroid dienone is 1. The van der Waals surface area contributed by atoms with Gasteiger partial charge in [0.05, 0.1) is 11.2 Å². The van der Waals surface area contributed by atoms with Gasteiger partial charge in [-0.15, -0.1) is 0 Å². The van der Waals surface area contributed by atoms with E-state index in [0.717, 1.165) is 12.8 Å². The van der Waals surface area contributed by atoms with Gasteiger partial charge in [-0.05, 0) is 57.8 Å². The second-order valence-electron chi connectivity index (χ2n) is 9.31. The maximum absolute atomic E-state index is 6.10. The molecule has 0 spiro atoms. The van der Waals surface area contributed by atoms with E-state index in [2.05, 4.69) is 61.4 Å². The first kappa shape index (κ1) is 16.1. The molecule has 2 rings (SSSR count). The Balaban J connectivity index is 2.16. The predicted octanol–water partition coefficient (Wildman–Crippen LogP) is 4.78. The SMILES string of the molecule is CC1(C)CC(=CB2OC(C)(C)C(C)(C)O2)CC(C)(C)C1. The first-order chi connectivity index (χ1) is 8.82. The van der Waals surface area contributed by atoms with E-state index in [1.165, 1.54) is 12.0 Å². The van der Waals surface area contributed by atoms with Gasteiger partial charge in [-0.25, -0.2) is 0 Å². The molecular weight excluding hydrogens is 247 g/mol. The van der Waals surface area contributed by atoms with Gasteiger partial charge in [0.2, 0.25) is 0 Å². The lowest BCUT2D eigenvalue weighted by Gasteiger charge is -2.42. The average Bonchev–Trinajstić information content (AvgIpc) is 2.27. The highest BCUT2D eigenvalue weighted by Gasteiger charge is 2.50. The molecule has 114 valence electrons. The number of rotatable bonds is 1. The zero-order chi connectivity index (χ0) is 15.4. The van der Waals surface area contributed by atoms with E-state index in [0.29, 0.717) is 10.8 Å². The van der Waals surface area contributed by atoms with E-state index < -0.39 is 0 Å². The van der Waals surface area contributed by atoms with Crippen LogP contribution in [0.3, 0.4) is 0 Å². The molecule has 0 N–H and O–H groups in total. The monoisotopic (exact) mass is 278 g/mol. The summed E-state index contributed by atoms with van der Waals surface area (Å²) in [5.41, 5.74) is 1.75. The van der Waals surface area contributed by atoms with Crippen molar-refractivity contribution >= 4 is 7.12 Å². The lowest BCUT2D eigenvalue weighted by molar-refractivity contribution is 0.00578. The standard InChI is InChI=1S/C17H31BO2/c1-14(2)9-13(10-15(3,4)12-14)11-18-19-16(5,6)17(7,8)20-18/h11H,9-10,12H2,1-8H3. The molecule has 20 heavy (non-hydrogen) atoms. The molecule has 0 radical (unpaired) electrons. The normalized spacial score (nSPS) is 30.4. The zero-order valence-electron chi connectivity index (χ0n) is 14.6. The van der Waals surface area contributed by atoms with Crippen molar-refractivity contribution in [2.24, 2.45) is 10.8 Å². The van der Waals surface area contributed by atoms with Crippen LogP contribution in [0.15, 0.2) is 11.5 Å². The predicted molar refractivity (Wildman–Crippen MR) is 85.6 cm³/mol. The smallest absolute Gasteiger partial charge is 0.400 e. The van der Waals surface area contributed by atoms with E-state index >= 15 is 0 Å². The molecule has 1 aliphatic heterocycles. The largest absolute Gasteiger partial charge is 0.487 e. The van der Waals surface area contributed by atoms with Gasteiger partial charge in [0.25, 0.3) is 0 Å². The molecule has 0 aromatic heterocycles. The number of hydrogen-bond donors (Lipinski definition) is 0. The van der Waals surface area contributed by atoms with Crippen LogP contribution in [0.5, 0.6) is 0 Å². The van der Waals surface area contributed by atoms with Gasteiger partial charge in [0.15, 0.2) is 0 Å².